The second-order valence-corrected chi connectivity index (χ2v) is 5.95. The van der Waals surface area contributed by atoms with E-state index in [-0.39, 0.29) is 42.6 Å². The molecule has 2 rings (SSSR count). The maximum Gasteiger partial charge on any atom is 0.323 e. The smallest absolute Gasteiger partial charge is 0.323 e. The van der Waals surface area contributed by atoms with E-state index in [1.165, 1.54) is 24.0 Å². The van der Waals surface area contributed by atoms with Crippen LogP contribution >= 0.6 is 0 Å². The summed E-state index contributed by atoms with van der Waals surface area (Å²) in [7, 11) is 0. The number of ether oxygens (including phenoxy) is 1. The minimum Gasteiger partial charge on any atom is -0.480 e. The van der Waals surface area contributed by atoms with Gasteiger partial charge in [-0.05, 0) is 24.6 Å². The fourth-order valence-electron chi connectivity index (χ4n) is 2.74. The second kappa shape index (κ2) is 8.06. The molecule has 0 bridgehead atoms. The number of hydrogen-bond acceptors (Lipinski definition) is 4. The highest BCUT2D eigenvalue weighted by atomic mass is 19.1. The molecule has 8 heteroatoms. The topological polar surface area (TPSA) is 87.2 Å². The Hall–Kier alpha value is -2.48. The Bertz CT molecular complexity index is 679. The number of benzene rings is 1. The fourth-order valence-corrected chi connectivity index (χ4v) is 2.74. The van der Waals surface area contributed by atoms with Crippen molar-refractivity contribution in [1.29, 1.82) is 0 Å². The van der Waals surface area contributed by atoms with Crippen LogP contribution < -0.4 is 0 Å². The van der Waals surface area contributed by atoms with Gasteiger partial charge in [-0.25, -0.2) is 4.39 Å². The summed E-state index contributed by atoms with van der Waals surface area (Å²) < 4.78 is 19.2. The maximum atomic E-state index is 13.7. The van der Waals surface area contributed by atoms with Gasteiger partial charge in [0.1, 0.15) is 12.4 Å². The van der Waals surface area contributed by atoms with Gasteiger partial charge < -0.3 is 19.6 Å². The van der Waals surface area contributed by atoms with E-state index in [4.69, 9.17) is 9.84 Å². The van der Waals surface area contributed by atoms with Gasteiger partial charge in [-0.3, -0.25) is 14.4 Å². The number of carbonyl (C=O) groups excluding carboxylic acids is 2. The molecule has 1 aliphatic rings. The van der Waals surface area contributed by atoms with Crippen molar-refractivity contribution in [2.24, 2.45) is 0 Å². The monoisotopic (exact) mass is 352 g/mol. The van der Waals surface area contributed by atoms with Crippen LogP contribution in [-0.4, -0.2) is 71.6 Å². The minimum atomic E-state index is -1.12. The van der Waals surface area contributed by atoms with E-state index in [1.54, 1.807) is 13.0 Å². The Morgan fingerprint density at radius 1 is 1.40 bits per heavy atom. The Morgan fingerprint density at radius 2 is 2.12 bits per heavy atom. The van der Waals surface area contributed by atoms with Crippen molar-refractivity contribution in [2.45, 2.75) is 20.0 Å². The lowest BCUT2D eigenvalue weighted by atomic mass is 10.1. The molecule has 0 aromatic heterocycles. The van der Waals surface area contributed by atoms with Crippen LogP contribution in [-0.2, 0) is 14.3 Å². The highest BCUT2D eigenvalue weighted by molar-refractivity contribution is 5.95. The van der Waals surface area contributed by atoms with Crippen molar-refractivity contribution in [3.8, 4) is 0 Å². The third kappa shape index (κ3) is 4.76. The lowest BCUT2D eigenvalue weighted by Crippen LogP contribution is -2.51. The molecule has 136 valence electrons. The van der Waals surface area contributed by atoms with Crippen molar-refractivity contribution < 1.29 is 28.6 Å². The van der Waals surface area contributed by atoms with Gasteiger partial charge in [0, 0.05) is 32.1 Å². The standard InChI is InChI=1S/C17H21FN2O5/c1-11-14(4-3-5-15(11)18)17(24)19-6-7-25-13(8-19)9-20(12(2)21)10-16(22)23/h3-5,13H,6-10H2,1-2H3,(H,22,23). The van der Waals surface area contributed by atoms with Crippen LogP contribution in [0.3, 0.4) is 0 Å². The summed E-state index contributed by atoms with van der Waals surface area (Å²) in [6, 6.07) is 4.35. The molecule has 1 fully saturated rings. The van der Waals surface area contributed by atoms with Gasteiger partial charge in [-0.2, -0.15) is 0 Å². The summed E-state index contributed by atoms with van der Waals surface area (Å²) >= 11 is 0. The van der Waals surface area contributed by atoms with Crippen LogP contribution in [0.5, 0.6) is 0 Å². The number of nitrogens with zero attached hydrogens (tertiary/aromatic N) is 2. The summed E-state index contributed by atoms with van der Waals surface area (Å²) in [5, 5.41) is 8.87. The third-order valence-electron chi connectivity index (χ3n) is 4.12. The summed E-state index contributed by atoms with van der Waals surface area (Å²) in [4.78, 5) is 37.7. The van der Waals surface area contributed by atoms with Crippen molar-refractivity contribution >= 4 is 17.8 Å². The number of carboxylic acids is 1. The van der Waals surface area contributed by atoms with E-state index >= 15 is 0 Å². The van der Waals surface area contributed by atoms with Crippen LogP contribution in [0.25, 0.3) is 0 Å². The van der Waals surface area contributed by atoms with Crippen molar-refractivity contribution in [2.75, 3.05) is 32.8 Å². The largest absolute Gasteiger partial charge is 0.480 e. The quantitative estimate of drug-likeness (QED) is 0.851. The second-order valence-electron chi connectivity index (χ2n) is 5.95. The average Bonchev–Trinajstić information content (AvgIpc) is 2.56. The van der Waals surface area contributed by atoms with Gasteiger partial charge >= 0.3 is 5.97 Å². The van der Waals surface area contributed by atoms with Crippen molar-refractivity contribution in [3.05, 3.63) is 35.1 Å². The molecule has 1 atom stereocenters. The third-order valence-corrected chi connectivity index (χ3v) is 4.12. The molecule has 1 aromatic rings. The fraction of sp³-hybridized carbons (Fsp3) is 0.471. The Labute approximate surface area is 145 Å². The van der Waals surface area contributed by atoms with Gasteiger partial charge in [-0.15, -0.1) is 0 Å². The number of amides is 2. The molecular weight excluding hydrogens is 331 g/mol. The van der Waals surface area contributed by atoms with E-state index in [0.717, 1.165) is 4.90 Å². The molecular formula is C17H21FN2O5. The summed E-state index contributed by atoms with van der Waals surface area (Å²) in [6.07, 6.45) is -0.491. The molecule has 0 saturated carbocycles. The zero-order chi connectivity index (χ0) is 18.6. The van der Waals surface area contributed by atoms with Gasteiger partial charge in [0.15, 0.2) is 0 Å². The molecule has 0 spiro atoms. The molecule has 1 heterocycles. The molecule has 25 heavy (non-hydrogen) atoms. The number of halogens is 1. The Kier molecular flexibility index (Phi) is 6.08. The summed E-state index contributed by atoms with van der Waals surface area (Å²) in [6.45, 7) is 3.31. The van der Waals surface area contributed by atoms with E-state index in [2.05, 4.69) is 0 Å². The van der Waals surface area contributed by atoms with Crippen molar-refractivity contribution in [1.82, 2.24) is 9.80 Å². The minimum absolute atomic E-state index is 0.0769. The average molecular weight is 352 g/mol. The van der Waals surface area contributed by atoms with Gasteiger partial charge in [0.05, 0.1) is 12.7 Å². The molecule has 0 radical (unpaired) electrons. The number of hydrogen-bond donors (Lipinski definition) is 1. The van der Waals surface area contributed by atoms with Gasteiger partial charge in [-0.1, -0.05) is 6.07 Å². The highest BCUT2D eigenvalue weighted by Gasteiger charge is 2.28. The van der Waals surface area contributed by atoms with Gasteiger partial charge in [0.25, 0.3) is 5.91 Å². The Morgan fingerprint density at radius 3 is 2.76 bits per heavy atom. The molecule has 0 aliphatic carbocycles. The molecule has 2 amide bonds. The normalized spacial score (nSPS) is 17.2. The van der Waals surface area contributed by atoms with Crippen LogP contribution in [0.2, 0.25) is 0 Å². The number of aliphatic carboxylic acids is 1. The van der Waals surface area contributed by atoms with Crippen LogP contribution in [0.1, 0.15) is 22.8 Å². The molecule has 1 saturated heterocycles. The Balaban J connectivity index is 2.07. The first-order valence-corrected chi connectivity index (χ1v) is 7.93. The zero-order valence-corrected chi connectivity index (χ0v) is 14.2. The number of rotatable bonds is 5. The summed E-state index contributed by atoms with van der Waals surface area (Å²) in [5.41, 5.74) is 0.571. The first-order valence-electron chi connectivity index (χ1n) is 7.93. The maximum absolute atomic E-state index is 13.7. The van der Waals surface area contributed by atoms with Crippen LogP contribution in [0, 0.1) is 12.7 Å². The number of morpholine rings is 1. The summed E-state index contributed by atoms with van der Waals surface area (Å²) in [5.74, 6) is -2.25. The van der Waals surface area contributed by atoms with E-state index in [9.17, 15) is 18.8 Å². The predicted molar refractivity (Wildman–Crippen MR) is 86.7 cm³/mol. The lowest BCUT2D eigenvalue weighted by molar-refractivity contribution is -0.145. The number of carboxylic acid groups (broad SMARTS) is 1. The molecule has 1 unspecified atom stereocenters. The first kappa shape index (κ1) is 18.9. The lowest BCUT2D eigenvalue weighted by Gasteiger charge is -2.35. The molecule has 1 aromatic carbocycles. The highest BCUT2D eigenvalue weighted by Crippen LogP contribution is 2.17. The van der Waals surface area contributed by atoms with E-state index in [0.29, 0.717) is 6.54 Å². The molecule has 1 aliphatic heterocycles. The van der Waals surface area contributed by atoms with Crippen LogP contribution in [0.15, 0.2) is 18.2 Å². The SMILES string of the molecule is CC(=O)N(CC(=O)O)CC1CN(C(=O)c2cccc(F)c2C)CCO1. The van der Waals surface area contributed by atoms with Crippen LogP contribution in [0.4, 0.5) is 4.39 Å². The number of carbonyl (C=O) groups is 3. The van der Waals surface area contributed by atoms with Crippen molar-refractivity contribution in [3.63, 3.8) is 0 Å². The first-order chi connectivity index (χ1) is 11.8. The van der Waals surface area contributed by atoms with E-state index in [1.807, 2.05) is 0 Å². The zero-order valence-electron chi connectivity index (χ0n) is 14.2. The van der Waals surface area contributed by atoms with E-state index < -0.39 is 24.4 Å². The molecule has 1 N–H and O–H groups in total. The predicted octanol–water partition coefficient (Wildman–Crippen LogP) is 0.908. The van der Waals surface area contributed by atoms with Gasteiger partial charge in [0.2, 0.25) is 5.91 Å². The molecule has 7 nitrogen and oxygen atoms in total.